The predicted molar refractivity (Wildman–Crippen MR) is 87.1 cm³/mol. The van der Waals surface area contributed by atoms with Gasteiger partial charge in [-0.3, -0.25) is 9.89 Å². The van der Waals surface area contributed by atoms with Crippen molar-refractivity contribution in [3.05, 3.63) is 30.1 Å². The SMILES string of the molecule is CCc1nc(SCC(=O)N2CCCC(c3ccncn3)C2)n[nH]1. The standard InChI is InChI=1S/C15H20N6OS/c1-2-13-18-15(20-19-13)23-9-14(22)21-7-3-4-11(8-21)12-5-6-16-10-17-12/h5-6,10-11H,2-4,7-9H2,1H3,(H,18,19,20). The molecule has 0 saturated carbocycles. The first-order valence-corrected chi connectivity index (χ1v) is 8.82. The summed E-state index contributed by atoms with van der Waals surface area (Å²) in [4.78, 5) is 27.0. The smallest absolute Gasteiger partial charge is 0.233 e. The molecule has 1 amide bonds. The zero-order chi connectivity index (χ0) is 16.1. The molecule has 2 aromatic heterocycles. The summed E-state index contributed by atoms with van der Waals surface area (Å²) in [6, 6.07) is 1.94. The topological polar surface area (TPSA) is 87.7 Å². The summed E-state index contributed by atoms with van der Waals surface area (Å²) in [5.41, 5.74) is 1.02. The van der Waals surface area contributed by atoms with E-state index < -0.39 is 0 Å². The van der Waals surface area contributed by atoms with Gasteiger partial charge in [0.2, 0.25) is 11.1 Å². The van der Waals surface area contributed by atoms with Gasteiger partial charge in [0.25, 0.3) is 0 Å². The molecule has 1 aliphatic rings. The Labute approximate surface area is 139 Å². The molecule has 3 rings (SSSR count). The Bertz CT molecular complexity index is 646. The molecule has 1 aliphatic heterocycles. The average molecular weight is 332 g/mol. The van der Waals surface area contributed by atoms with Gasteiger partial charge in [0.05, 0.1) is 5.75 Å². The second-order valence-electron chi connectivity index (χ2n) is 5.52. The lowest BCUT2D eigenvalue weighted by atomic mass is 9.94. The molecule has 8 heteroatoms. The molecule has 0 radical (unpaired) electrons. The lowest BCUT2D eigenvalue weighted by Crippen LogP contribution is -2.40. The monoisotopic (exact) mass is 332 g/mol. The van der Waals surface area contributed by atoms with Gasteiger partial charge in [0, 0.05) is 37.3 Å². The number of rotatable bonds is 5. The number of carbonyl (C=O) groups excluding carboxylic acids is 1. The van der Waals surface area contributed by atoms with Crippen LogP contribution in [-0.4, -0.2) is 54.8 Å². The Morgan fingerprint density at radius 1 is 1.52 bits per heavy atom. The van der Waals surface area contributed by atoms with Crippen LogP contribution in [0.1, 0.15) is 37.2 Å². The van der Waals surface area contributed by atoms with Gasteiger partial charge in [0.1, 0.15) is 12.2 Å². The number of hydrogen-bond donors (Lipinski definition) is 1. The van der Waals surface area contributed by atoms with E-state index in [0.717, 1.165) is 43.9 Å². The van der Waals surface area contributed by atoms with Gasteiger partial charge >= 0.3 is 0 Å². The molecule has 0 aliphatic carbocycles. The van der Waals surface area contributed by atoms with E-state index in [1.165, 1.54) is 11.8 Å². The van der Waals surface area contributed by atoms with Crippen molar-refractivity contribution in [2.45, 2.75) is 37.3 Å². The van der Waals surface area contributed by atoms with E-state index in [1.54, 1.807) is 12.5 Å². The van der Waals surface area contributed by atoms with Crippen LogP contribution in [0.15, 0.2) is 23.7 Å². The molecular formula is C15H20N6OS. The molecule has 0 aromatic carbocycles. The van der Waals surface area contributed by atoms with Crippen LogP contribution in [0.2, 0.25) is 0 Å². The highest BCUT2D eigenvalue weighted by Crippen LogP contribution is 2.25. The minimum Gasteiger partial charge on any atom is -0.341 e. The summed E-state index contributed by atoms with van der Waals surface area (Å²) in [6.07, 6.45) is 6.21. The van der Waals surface area contributed by atoms with Crippen LogP contribution in [0.5, 0.6) is 0 Å². The predicted octanol–water partition coefficient (Wildman–Crippen LogP) is 1.66. The molecule has 1 atom stereocenters. The van der Waals surface area contributed by atoms with Crippen molar-refractivity contribution in [1.82, 2.24) is 30.0 Å². The summed E-state index contributed by atoms with van der Waals surface area (Å²) in [7, 11) is 0. The minimum absolute atomic E-state index is 0.136. The fourth-order valence-corrected chi connectivity index (χ4v) is 3.43. The second-order valence-corrected chi connectivity index (χ2v) is 6.46. The first-order chi connectivity index (χ1) is 11.3. The van der Waals surface area contributed by atoms with E-state index in [9.17, 15) is 4.79 Å². The first-order valence-electron chi connectivity index (χ1n) is 7.84. The summed E-state index contributed by atoms with van der Waals surface area (Å²) in [5, 5.41) is 7.61. The van der Waals surface area contributed by atoms with Crippen LogP contribution in [-0.2, 0) is 11.2 Å². The molecule has 7 nitrogen and oxygen atoms in total. The largest absolute Gasteiger partial charge is 0.341 e. The molecule has 122 valence electrons. The Morgan fingerprint density at radius 3 is 3.17 bits per heavy atom. The molecule has 23 heavy (non-hydrogen) atoms. The van der Waals surface area contributed by atoms with Crippen LogP contribution in [0, 0.1) is 0 Å². The summed E-state index contributed by atoms with van der Waals surface area (Å²) in [6.45, 7) is 3.56. The van der Waals surface area contributed by atoms with E-state index in [4.69, 9.17) is 0 Å². The van der Waals surface area contributed by atoms with Crippen LogP contribution in [0.4, 0.5) is 0 Å². The number of nitrogens with one attached hydrogen (secondary N) is 1. The van der Waals surface area contributed by atoms with Crippen LogP contribution >= 0.6 is 11.8 Å². The normalized spacial score (nSPS) is 18.1. The third kappa shape index (κ3) is 4.07. The zero-order valence-corrected chi connectivity index (χ0v) is 13.9. The molecule has 1 fully saturated rings. The van der Waals surface area contributed by atoms with Crippen molar-refractivity contribution in [3.8, 4) is 0 Å². The molecule has 1 saturated heterocycles. The highest BCUT2D eigenvalue weighted by Gasteiger charge is 2.25. The minimum atomic E-state index is 0.136. The van der Waals surface area contributed by atoms with Crippen LogP contribution in [0.3, 0.4) is 0 Å². The van der Waals surface area contributed by atoms with Gasteiger partial charge in [-0.15, -0.1) is 5.10 Å². The van der Waals surface area contributed by atoms with Gasteiger partial charge in [-0.2, -0.15) is 0 Å². The number of piperidine rings is 1. The number of hydrogen-bond acceptors (Lipinski definition) is 6. The van der Waals surface area contributed by atoms with Gasteiger partial charge in [-0.25, -0.2) is 15.0 Å². The molecule has 1 unspecified atom stereocenters. The number of aromatic amines is 1. The highest BCUT2D eigenvalue weighted by atomic mass is 32.2. The lowest BCUT2D eigenvalue weighted by molar-refractivity contribution is -0.129. The first kappa shape index (κ1) is 15.9. The quantitative estimate of drug-likeness (QED) is 0.838. The summed E-state index contributed by atoms with van der Waals surface area (Å²) < 4.78 is 0. The van der Waals surface area contributed by atoms with E-state index in [1.807, 2.05) is 17.9 Å². The van der Waals surface area contributed by atoms with Gasteiger partial charge in [-0.05, 0) is 18.9 Å². The fraction of sp³-hybridized carbons (Fsp3) is 0.533. The third-order valence-electron chi connectivity index (χ3n) is 3.97. The van der Waals surface area contributed by atoms with Crippen LogP contribution in [0.25, 0.3) is 0 Å². The van der Waals surface area contributed by atoms with Crippen molar-refractivity contribution >= 4 is 17.7 Å². The molecule has 0 spiro atoms. The van der Waals surface area contributed by atoms with Crippen molar-refractivity contribution in [2.75, 3.05) is 18.8 Å². The summed E-state index contributed by atoms with van der Waals surface area (Å²) in [5.74, 6) is 1.66. The Kier molecular flexibility index (Phi) is 5.22. The van der Waals surface area contributed by atoms with Gasteiger partial charge in [0.15, 0.2) is 0 Å². The average Bonchev–Trinajstić information content (AvgIpc) is 3.09. The van der Waals surface area contributed by atoms with E-state index in [-0.39, 0.29) is 5.91 Å². The fourth-order valence-electron chi connectivity index (χ4n) is 2.71. The molecule has 0 bridgehead atoms. The number of nitrogens with zero attached hydrogens (tertiary/aromatic N) is 5. The summed E-state index contributed by atoms with van der Waals surface area (Å²) >= 11 is 1.39. The Morgan fingerprint density at radius 2 is 2.43 bits per heavy atom. The van der Waals surface area contributed by atoms with E-state index in [2.05, 4.69) is 25.1 Å². The molecular weight excluding hydrogens is 312 g/mol. The lowest BCUT2D eigenvalue weighted by Gasteiger charge is -2.32. The molecule has 2 aromatic rings. The third-order valence-corrected chi connectivity index (χ3v) is 4.80. The maximum Gasteiger partial charge on any atom is 0.233 e. The Balaban J connectivity index is 1.54. The maximum absolute atomic E-state index is 12.4. The van der Waals surface area contributed by atoms with Crippen LogP contribution < -0.4 is 0 Å². The number of amides is 1. The number of aryl methyl sites for hydroxylation is 1. The maximum atomic E-state index is 12.4. The Hall–Kier alpha value is -1.96. The van der Waals surface area contributed by atoms with Crippen molar-refractivity contribution in [3.63, 3.8) is 0 Å². The number of aromatic nitrogens is 5. The highest BCUT2D eigenvalue weighted by molar-refractivity contribution is 7.99. The van der Waals surface area contributed by atoms with Gasteiger partial charge < -0.3 is 4.90 Å². The van der Waals surface area contributed by atoms with Crippen molar-refractivity contribution in [1.29, 1.82) is 0 Å². The second kappa shape index (κ2) is 7.54. The number of likely N-dealkylation sites (tertiary alicyclic amines) is 1. The number of thioether (sulfide) groups is 1. The van der Waals surface area contributed by atoms with E-state index >= 15 is 0 Å². The molecule has 3 heterocycles. The number of carbonyl (C=O) groups is 1. The number of H-pyrrole nitrogens is 1. The van der Waals surface area contributed by atoms with Crippen molar-refractivity contribution < 1.29 is 4.79 Å². The molecule has 1 N–H and O–H groups in total. The van der Waals surface area contributed by atoms with Gasteiger partial charge in [-0.1, -0.05) is 18.7 Å². The van der Waals surface area contributed by atoms with Crippen molar-refractivity contribution in [2.24, 2.45) is 0 Å². The zero-order valence-electron chi connectivity index (χ0n) is 13.1. The van der Waals surface area contributed by atoms with E-state index in [0.29, 0.717) is 16.8 Å².